The zero-order chi connectivity index (χ0) is 17.5. The Morgan fingerprint density at radius 3 is 2.08 bits per heavy atom. The number of allylic oxidation sites excluding steroid dienone is 2. The number of rotatable bonds is 2. The van der Waals surface area contributed by atoms with E-state index in [1.54, 1.807) is 0 Å². The van der Waals surface area contributed by atoms with E-state index < -0.39 is 8.07 Å². The molecule has 1 aliphatic rings. The molecular formula is C23H28Si. The van der Waals surface area contributed by atoms with E-state index in [1.165, 1.54) is 32.3 Å². The first-order chi connectivity index (χ1) is 11.1. The van der Waals surface area contributed by atoms with E-state index in [-0.39, 0.29) is 5.41 Å². The Balaban J connectivity index is 2.09. The fourth-order valence-electron chi connectivity index (χ4n) is 3.24. The molecule has 24 heavy (non-hydrogen) atoms. The molecule has 0 nitrogen and oxygen atoms in total. The third-order valence-electron chi connectivity index (χ3n) is 4.43. The zero-order valence-electron chi connectivity index (χ0n) is 15.8. The van der Waals surface area contributed by atoms with Crippen molar-refractivity contribution in [1.82, 2.24) is 0 Å². The second kappa shape index (κ2) is 5.89. The Morgan fingerprint density at radius 1 is 0.833 bits per heavy atom. The van der Waals surface area contributed by atoms with Crippen LogP contribution < -0.4 is 15.6 Å². The first-order valence-electron chi connectivity index (χ1n) is 8.80. The van der Waals surface area contributed by atoms with E-state index >= 15 is 0 Å². The molecule has 0 aliphatic heterocycles. The average Bonchev–Trinajstić information content (AvgIpc) is 2.86. The molecule has 0 heterocycles. The van der Waals surface area contributed by atoms with Crippen LogP contribution in [0.15, 0.2) is 54.1 Å². The van der Waals surface area contributed by atoms with Crippen LogP contribution in [0.3, 0.4) is 0 Å². The van der Waals surface area contributed by atoms with Gasteiger partial charge in [0.1, 0.15) is 0 Å². The van der Waals surface area contributed by atoms with Gasteiger partial charge in [0.05, 0.1) is 8.07 Å². The first kappa shape index (κ1) is 17.0. The van der Waals surface area contributed by atoms with Gasteiger partial charge in [0, 0.05) is 0 Å². The van der Waals surface area contributed by atoms with Gasteiger partial charge in [-0.1, -0.05) is 94.1 Å². The van der Waals surface area contributed by atoms with E-state index in [1.807, 2.05) is 0 Å². The number of benzene rings is 2. The van der Waals surface area contributed by atoms with Crippen LogP contribution >= 0.6 is 0 Å². The molecule has 0 spiro atoms. The van der Waals surface area contributed by atoms with Crippen LogP contribution in [0.5, 0.6) is 0 Å². The molecule has 0 radical (unpaired) electrons. The Bertz CT molecular complexity index is 898. The molecule has 1 aliphatic carbocycles. The topological polar surface area (TPSA) is 0 Å². The molecule has 0 amide bonds. The lowest BCUT2D eigenvalue weighted by Gasteiger charge is -2.16. The summed E-state index contributed by atoms with van der Waals surface area (Å²) in [6, 6.07) is 15.9. The summed E-state index contributed by atoms with van der Waals surface area (Å²) in [7, 11) is -1.24. The molecular weight excluding hydrogens is 304 g/mol. The second-order valence-corrected chi connectivity index (χ2v) is 14.0. The van der Waals surface area contributed by atoms with Crippen LogP contribution in [-0.4, -0.2) is 8.07 Å². The number of fused-ring (bicyclic) bond motifs is 1. The van der Waals surface area contributed by atoms with Crippen LogP contribution in [0, 0.1) is 5.41 Å². The first-order valence-corrected chi connectivity index (χ1v) is 12.3. The maximum absolute atomic E-state index is 2.40. The van der Waals surface area contributed by atoms with Crippen molar-refractivity contribution in [1.29, 1.82) is 0 Å². The number of hydrogen-bond acceptors (Lipinski definition) is 0. The van der Waals surface area contributed by atoms with Crippen molar-refractivity contribution in [2.45, 2.75) is 40.4 Å². The third-order valence-corrected chi connectivity index (χ3v) is 6.50. The summed E-state index contributed by atoms with van der Waals surface area (Å²) in [5, 5.41) is 4.20. The van der Waals surface area contributed by atoms with Crippen molar-refractivity contribution in [3.05, 3.63) is 64.6 Å². The van der Waals surface area contributed by atoms with Crippen molar-refractivity contribution in [2.75, 3.05) is 0 Å². The lowest BCUT2D eigenvalue weighted by Crippen LogP contribution is -2.37. The summed E-state index contributed by atoms with van der Waals surface area (Å²) in [5.74, 6) is 0. The highest BCUT2D eigenvalue weighted by atomic mass is 28.3. The van der Waals surface area contributed by atoms with Gasteiger partial charge in [-0.05, 0) is 44.7 Å². The van der Waals surface area contributed by atoms with Gasteiger partial charge < -0.3 is 0 Å². The fourth-order valence-corrected chi connectivity index (χ4v) is 4.41. The Hall–Kier alpha value is -1.86. The van der Waals surface area contributed by atoms with Gasteiger partial charge >= 0.3 is 0 Å². The van der Waals surface area contributed by atoms with E-state index in [4.69, 9.17) is 0 Å². The van der Waals surface area contributed by atoms with Crippen molar-refractivity contribution in [3.63, 3.8) is 0 Å². The van der Waals surface area contributed by atoms with Gasteiger partial charge in [-0.3, -0.25) is 0 Å². The standard InChI is InChI=1S/C23H28Si/c1-23(2,3)16-17-14-19-8-7-9-21(22(19)15-17)18-10-12-20(13-11-18)24(4,5)6/h7-16H,1-6H3. The summed E-state index contributed by atoms with van der Waals surface area (Å²) in [6.45, 7) is 13.9. The average molecular weight is 333 g/mol. The lowest BCUT2D eigenvalue weighted by atomic mass is 9.94. The quantitative estimate of drug-likeness (QED) is 0.713. The molecule has 0 unspecified atom stereocenters. The van der Waals surface area contributed by atoms with Gasteiger partial charge in [-0.25, -0.2) is 0 Å². The third kappa shape index (κ3) is 3.62. The molecule has 2 aromatic carbocycles. The van der Waals surface area contributed by atoms with Crippen LogP contribution in [0.1, 0.15) is 20.8 Å². The maximum atomic E-state index is 2.40. The molecule has 1 heteroatoms. The minimum absolute atomic E-state index is 0.198. The van der Waals surface area contributed by atoms with Gasteiger partial charge in [-0.15, -0.1) is 0 Å². The SMILES string of the molecule is CC(C)(C)C=C1C=c2cccc(-c3ccc([Si](C)(C)C)cc3)c2=C1. The van der Waals surface area contributed by atoms with Crippen molar-refractivity contribution >= 4 is 25.4 Å². The van der Waals surface area contributed by atoms with Crippen LogP contribution in [0.2, 0.25) is 19.6 Å². The van der Waals surface area contributed by atoms with E-state index in [0.717, 1.165) is 0 Å². The lowest BCUT2D eigenvalue weighted by molar-refractivity contribution is 0.543. The molecule has 3 rings (SSSR count). The number of hydrogen-bond donors (Lipinski definition) is 0. The van der Waals surface area contributed by atoms with Crippen LogP contribution in [0.25, 0.3) is 23.3 Å². The summed E-state index contributed by atoms with van der Waals surface area (Å²) in [6.07, 6.45) is 6.99. The highest BCUT2D eigenvalue weighted by molar-refractivity contribution is 6.88. The van der Waals surface area contributed by atoms with Crippen molar-refractivity contribution in [2.24, 2.45) is 5.41 Å². The molecule has 0 fully saturated rings. The van der Waals surface area contributed by atoms with E-state index in [9.17, 15) is 0 Å². The minimum atomic E-state index is -1.24. The molecule has 0 bridgehead atoms. The summed E-state index contributed by atoms with van der Waals surface area (Å²) < 4.78 is 0. The predicted molar refractivity (Wildman–Crippen MR) is 111 cm³/mol. The molecule has 0 saturated heterocycles. The van der Waals surface area contributed by atoms with Crippen molar-refractivity contribution in [3.8, 4) is 11.1 Å². The summed E-state index contributed by atoms with van der Waals surface area (Å²) in [5.41, 5.74) is 4.17. The Labute approximate surface area is 147 Å². The molecule has 0 N–H and O–H groups in total. The molecule has 124 valence electrons. The minimum Gasteiger partial charge on any atom is -0.0718 e. The van der Waals surface area contributed by atoms with Gasteiger partial charge in [-0.2, -0.15) is 0 Å². The van der Waals surface area contributed by atoms with Gasteiger partial charge in [0.15, 0.2) is 0 Å². The van der Waals surface area contributed by atoms with Gasteiger partial charge in [0.2, 0.25) is 0 Å². The Kier molecular flexibility index (Phi) is 4.17. The zero-order valence-corrected chi connectivity index (χ0v) is 16.8. The molecule has 0 saturated carbocycles. The predicted octanol–water partition coefficient (Wildman–Crippen LogP) is 4.45. The van der Waals surface area contributed by atoms with Crippen molar-refractivity contribution < 1.29 is 0 Å². The van der Waals surface area contributed by atoms with Gasteiger partial charge in [0.25, 0.3) is 0 Å². The Morgan fingerprint density at radius 2 is 1.50 bits per heavy atom. The normalized spacial score (nSPS) is 15.8. The molecule has 2 aromatic rings. The van der Waals surface area contributed by atoms with Crippen LogP contribution in [0.4, 0.5) is 0 Å². The maximum Gasteiger partial charge on any atom is 0.0775 e. The monoisotopic (exact) mass is 332 g/mol. The highest BCUT2D eigenvalue weighted by Gasteiger charge is 2.16. The summed E-state index contributed by atoms with van der Waals surface area (Å²) >= 11 is 0. The fraction of sp³-hybridized carbons (Fsp3) is 0.304. The summed E-state index contributed by atoms with van der Waals surface area (Å²) in [4.78, 5) is 0. The van der Waals surface area contributed by atoms with E-state index in [0.29, 0.717) is 0 Å². The molecule has 0 aromatic heterocycles. The molecule has 0 atom stereocenters. The second-order valence-electron chi connectivity index (χ2n) is 8.93. The van der Waals surface area contributed by atoms with Crippen LogP contribution in [-0.2, 0) is 0 Å². The largest absolute Gasteiger partial charge is 0.0775 e. The smallest absolute Gasteiger partial charge is 0.0718 e. The van der Waals surface area contributed by atoms with E-state index in [2.05, 4.69) is 101 Å². The highest BCUT2D eigenvalue weighted by Crippen LogP contribution is 2.21.